The van der Waals surface area contributed by atoms with Gasteiger partial charge in [0.2, 0.25) is 12.2 Å². The first-order chi connectivity index (χ1) is 8.83. The van der Waals surface area contributed by atoms with Gasteiger partial charge in [0.25, 0.3) is 0 Å². The quantitative estimate of drug-likeness (QED) is 0.913. The predicted molar refractivity (Wildman–Crippen MR) is 70.7 cm³/mol. The molecule has 1 heterocycles. The topological polar surface area (TPSA) is 74.2 Å². The number of hydrogen-bond donors (Lipinski definition) is 1. The second kappa shape index (κ2) is 7.50. The van der Waals surface area contributed by atoms with E-state index in [4.69, 9.17) is 10.5 Å². The summed E-state index contributed by atoms with van der Waals surface area (Å²) in [6.45, 7) is 0.270. The van der Waals surface area contributed by atoms with Crippen molar-refractivity contribution in [3.05, 3.63) is 42.6 Å². The van der Waals surface area contributed by atoms with E-state index >= 15 is 0 Å². The number of aromatic nitrogens is 2. The Bertz CT molecular complexity index is 514. The van der Waals surface area contributed by atoms with Crippen LogP contribution in [0.5, 0.6) is 5.75 Å². The highest BCUT2D eigenvalue weighted by molar-refractivity contribution is 5.85. The van der Waals surface area contributed by atoms with Crippen molar-refractivity contribution in [2.24, 2.45) is 5.73 Å². The standard InChI is InChI=1S/C12H12FN3O2.ClH/c13-5-9(6-14)7-17-11-3-1-10(2-4-11)12-15-8-18-16-12;/h1-5,8H,6-7,14H2;1H/b9-5+;. The minimum Gasteiger partial charge on any atom is -0.489 e. The van der Waals surface area contributed by atoms with Gasteiger partial charge in [-0.1, -0.05) is 5.16 Å². The van der Waals surface area contributed by atoms with E-state index in [1.807, 2.05) is 0 Å². The van der Waals surface area contributed by atoms with E-state index in [1.54, 1.807) is 24.3 Å². The predicted octanol–water partition coefficient (Wildman–Crippen LogP) is 2.35. The second-order valence-corrected chi connectivity index (χ2v) is 3.54. The smallest absolute Gasteiger partial charge is 0.214 e. The first-order valence-electron chi connectivity index (χ1n) is 5.31. The van der Waals surface area contributed by atoms with Gasteiger partial charge >= 0.3 is 0 Å². The van der Waals surface area contributed by atoms with E-state index in [-0.39, 0.29) is 25.6 Å². The minimum absolute atomic E-state index is 0. The van der Waals surface area contributed by atoms with Gasteiger partial charge in [-0.2, -0.15) is 4.98 Å². The summed E-state index contributed by atoms with van der Waals surface area (Å²) in [5.74, 6) is 1.13. The maximum atomic E-state index is 12.3. The van der Waals surface area contributed by atoms with Crippen LogP contribution in [0.3, 0.4) is 0 Å². The van der Waals surface area contributed by atoms with Crippen molar-refractivity contribution in [2.75, 3.05) is 13.2 Å². The molecule has 5 nitrogen and oxygen atoms in total. The van der Waals surface area contributed by atoms with Crippen LogP contribution in [0.25, 0.3) is 11.4 Å². The molecule has 0 saturated carbocycles. The number of hydrogen-bond acceptors (Lipinski definition) is 5. The third-order valence-electron chi connectivity index (χ3n) is 2.31. The molecule has 2 aromatic rings. The van der Waals surface area contributed by atoms with Gasteiger partial charge in [0.15, 0.2) is 0 Å². The van der Waals surface area contributed by atoms with E-state index in [9.17, 15) is 4.39 Å². The highest BCUT2D eigenvalue weighted by Crippen LogP contribution is 2.19. The molecule has 1 aromatic heterocycles. The summed E-state index contributed by atoms with van der Waals surface area (Å²) in [6, 6.07) is 7.08. The Labute approximate surface area is 115 Å². The maximum Gasteiger partial charge on any atom is 0.214 e. The third kappa shape index (κ3) is 4.04. The Morgan fingerprint density at radius 3 is 2.63 bits per heavy atom. The first-order valence-corrected chi connectivity index (χ1v) is 5.31. The fraction of sp³-hybridized carbons (Fsp3) is 0.167. The van der Waals surface area contributed by atoms with Crippen LogP contribution in [-0.4, -0.2) is 23.3 Å². The number of rotatable bonds is 5. The summed E-state index contributed by atoms with van der Waals surface area (Å²) < 4.78 is 22.3. The lowest BCUT2D eigenvalue weighted by atomic mass is 10.2. The molecule has 0 bridgehead atoms. The Morgan fingerprint density at radius 2 is 2.11 bits per heavy atom. The summed E-state index contributed by atoms with van der Waals surface area (Å²) in [5.41, 5.74) is 6.54. The molecule has 19 heavy (non-hydrogen) atoms. The van der Waals surface area contributed by atoms with Gasteiger partial charge in [0, 0.05) is 17.7 Å². The molecule has 0 radical (unpaired) electrons. The normalized spacial score (nSPS) is 10.9. The molecule has 0 saturated heterocycles. The summed E-state index contributed by atoms with van der Waals surface area (Å²) in [6.07, 6.45) is 1.73. The number of benzene rings is 1. The van der Waals surface area contributed by atoms with E-state index in [0.29, 0.717) is 23.5 Å². The van der Waals surface area contributed by atoms with Gasteiger partial charge in [-0.25, -0.2) is 4.39 Å². The molecule has 0 amide bonds. The van der Waals surface area contributed by atoms with Gasteiger partial charge < -0.3 is 15.0 Å². The molecule has 0 aliphatic rings. The van der Waals surface area contributed by atoms with E-state index in [1.165, 1.54) is 6.39 Å². The minimum atomic E-state index is 0. The SMILES string of the molecule is Cl.NC/C(=C\F)COc1ccc(-c2ncon2)cc1. The molecule has 7 heteroatoms. The molecule has 102 valence electrons. The van der Waals surface area contributed by atoms with Crippen molar-refractivity contribution in [1.29, 1.82) is 0 Å². The highest BCUT2D eigenvalue weighted by Gasteiger charge is 2.03. The molecule has 2 N–H and O–H groups in total. The van der Waals surface area contributed by atoms with Crippen molar-refractivity contribution >= 4 is 12.4 Å². The monoisotopic (exact) mass is 285 g/mol. The van der Waals surface area contributed by atoms with Gasteiger partial charge in [-0.15, -0.1) is 12.4 Å². The molecule has 0 fully saturated rings. The largest absolute Gasteiger partial charge is 0.489 e. The van der Waals surface area contributed by atoms with Crippen molar-refractivity contribution in [1.82, 2.24) is 10.1 Å². The third-order valence-corrected chi connectivity index (χ3v) is 2.31. The van der Waals surface area contributed by atoms with Crippen LogP contribution in [0.1, 0.15) is 0 Å². The zero-order valence-corrected chi connectivity index (χ0v) is 10.8. The Morgan fingerprint density at radius 1 is 1.37 bits per heavy atom. The Kier molecular flexibility index (Phi) is 5.98. The van der Waals surface area contributed by atoms with Crippen LogP contribution in [0.15, 0.2) is 47.1 Å². The van der Waals surface area contributed by atoms with Crippen molar-refractivity contribution < 1.29 is 13.7 Å². The average molecular weight is 286 g/mol. The zero-order valence-electron chi connectivity index (χ0n) is 9.95. The lowest BCUT2D eigenvalue weighted by molar-refractivity contribution is 0.347. The van der Waals surface area contributed by atoms with Gasteiger partial charge in [-0.05, 0) is 24.3 Å². The first kappa shape index (κ1) is 15.1. The molecule has 1 aromatic carbocycles. The zero-order chi connectivity index (χ0) is 12.8. The van der Waals surface area contributed by atoms with Crippen LogP contribution in [0.2, 0.25) is 0 Å². The second-order valence-electron chi connectivity index (χ2n) is 3.54. The Hall–Kier alpha value is -1.92. The van der Waals surface area contributed by atoms with Crippen molar-refractivity contribution in [3.63, 3.8) is 0 Å². The highest BCUT2D eigenvalue weighted by atomic mass is 35.5. The lowest BCUT2D eigenvalue weighted by Gasteiger charge is -2.07. The molecule has 0 atom stereocenters. The number of halogens is 2. The van der Waals surface area contributed by atoms with Gasteiger partial charge in [-0.3, -0.25) is 0 Å². The van der Waals surface area contributed by atoms with Crippen molar-refractivity contribution in [3.8, 4) is 17.1 Å². The van der Waals surface area contributed by atoms with Crippen LogP contribution in [0, 0.1) is 0 Å². The molecule has 0 aliphatic heterocycles. The fourth-order valence-electron chi connectivity index (χ4n) is 1.31. The fourth-order valence-corrected chi connectivity index (χ4v) is 1.31. The summed E-state index contributed by atoms with van der Waals surface area (Å²) in [5, 5.41) is 3.71. The number of nitrogens with two attached hydrogens (primary N) is 1. The molecule has 0 aliphatic carbocycles. The average Bonchev–Trinajstić information content (AvgIpc) is 2.94. The molecule has 0 spiro atoms. The van der Waals surface area contributed by atoms with Crippen molar-refractivity contribution in [2.45, 2.75) is 0 Å². The number of ether oxygens (including phenoxy) is 1. The van der Waals surface area contributed by atoms with Gasteiger partial charge in [0.1, 0.15) is 12.4 Å². The molecule has 2 rings (SSSR count). The molecular weight excluding hydrogens is 273 g/mol. The molecule has 0 unspecified atom stereocenters. The summed E-state index contributed by atoms with van der Waals surface area (Å²) in [4.78, 5) is 3.92. The van der Waals surface area contributed by atoms with E-state index < -0.39 is 0 Å². The summed E-state index contributed by atoms with van der Waals surface area (Å²) in [7, 11) is 0. The van der Waals surface area contributed by atoms with Crippen LogP contribution >= 0.6 is 12.4 Å². The Balaban J connectivity index is 0.00000180. The summed E-state index contributed by atoms with van der Waals surface area (Å²) >= 11 is 0. The van der Waals surface area contributed by atoms with Gasteiger partial charge in [0.05, 0.1) is 6.33 Å². The van der Waals surface area contributed by atoms with E-state index in [0.717, 1.165) is 5.56 Å². The number of nitrogens with zero attached hydrogens (tertiary/aromatic N) is 2. The lowest BCUT2D eigenvalue weighted by Crippen LogP contribution is -2.10. The van der Waals surface area contributed by atoms with Crippen LogP contribution in [0.4, 0.5) is 4.39 Å². The maximum absolute atomic E-state index is 12.3. The molecular formula is C12H13ClFN3O2. The van der Waals surface area contributed by atoms with Crippen LogP contribution < -0.4 is 10.5 Å². The van der Waals surface area contributed by atoms with E-state index in [2.05, 4.69) is 14.7 Å². The van der Waals surface area contributed by atoms with Crippen LogP contribution in [-0.2, 0) is 0 Å².